The van der Waals surface area contributed by atoms with Gasteiger partial charge in [0, 0.05) is 5.38 Å². The van der Waals surface area contributed by atoms with Gasteiger partial charge in [0.15, 0.2) is 5.13 Å². The van der Waals surface area contributed by atoms with Crippen molar-refractivity contribution in [1.82, 2.24) is 4.98 Å². The summed E-state index contributed by atoms with van der Waals surface area (Å²) < 4.78 is -0.934. The molecule has 0 bridgehead atoms. The first-order valence-corrected chi connectivity index (χ1v) is 7.81. The Hall–Kier alpha value is -1.10. The summed E-state index contributed by atoms with van der Waals surface area (Å²) in [6, 6.07) is 9.43. The largest absolute Gasteiger partial charge is 0.274 e. The molecule has 2 aromatic rings. The van der Waals surface area contributed by atoms with Crippen molar-refractivity contribution < 1.29 is 4.79 Å². The Labute approximate surface area is 131 Å². The summed E-state index contributed by atoms with van der Waals surface area (Å²) in [7, 11) is 0. The van der Waals surface area contributed by atoms with Crippen LogP contribution in [0.4, 0.5) is 10.8 Å². The van der Waals surface area contributed by atoms with Gasteiger partial charge in [0.05, 0.1) is 17.3 Å². The second kappa shape index (κ2) is 5.02. The number of anilines is 2. The van der Waals surface area contributed by atoms with E-state index in [-0.39, 0.29) is 11.8 Å². The lowest BCUT2D eigenvalue weighted by atomic mass is 10.2. The van der Waals surface area contributed by atoms with E-state index in [9.17, 15) is 4.79 Å². The molecule has 1 aliphatic rings. The van der Waals surface area contributed by atoms with Gasteiger partial charge in [-0.1, -0.05) is 18.2 Å². The number of para-hydroxylation sites is 1. The first-order valence-electron chi connectivity index (χ1n) is 6.18. The van der Waals surface area contributed by atoms with Gasteiger partial charge in [-0.25, -0.2) is 4.98 Å². The fourth-order valence-corrected chi connectivity index (χ4v) is 3.31. The van der Waals surface area contributed by atoms with Crippen molar-refractivity contribution in [2.45, 2.75) is 17.7 Å². The predicted octanol–water partition coefficient (Wildman–Crippen LogP) is 4.31. The Bertz CT molecular complexity index is 642. The summed E-state index contributed by atoms with van der Waals surface area (Å²) in [4.78, 5) is 18.7. The smallest absolute Gasteiger partial charge is 0.239 e. The van der Waals surface area contributed by atoms with Gasteiger partial charge >= 0.3 is 0 Å². The highest BCUT2D eigenvalue weighted by Gasteiger charge is 2.58. The second-order valence-electron chi connectivity index (χ2n) is 4.80. The molecule has 0 spiro atoms. The zero-order valence-corrected chi connectivity index (χ0v) is 13.0. The second-order valence-corrected chi connectivity index (χ2v) is 7.18. The molecule has 0 aliphatic heterocycles. The van der Waals surface area contributed by atoms with Crippen LogP contribution in [0, 0.1) is 12.8 Å². The van der Waals surface area contributed by atoms with E-state index in [1.807, 2.05) is 42.6 Å². The molecule has 1 atom stereocenters. The third kappa shape index (κ3) is 2.55. The topological polar surface area (TPSA) is 33.2 Å². The number of alkyl halides is 2. The van der Waals surface area contributed by atoms with Crippen molar-refractivity contribution in [2.24, 2.45) is 5.92 Å². The molecule has 6 heteroatoms. The van der Waals surface area contributed by atoms with Gasteiger partial charge in [0.1, 0.15) is 4.33 Å². The number of aryl methyl sites for hydroxylation is 1. The molecule has 3 nitrogen and oxygen atoms in total. The molecule has 1 heterocycles. The highest BCUT2D eigenvalue weighted by atomic mass is 35.5. The third-order valence-corrected chi connectivity index (χ3v) is 4.94. The summed E-state index contributed by atoms with van der Waals surface area (Å²) in [5.74, 6) is -0.467. The third-order valence-electron chi connectivity index (χ3n) is 3.16. The highest BCUT2D eigenvalue weighted by molar-refractivity contribution is 7.14. The van der Waals surface area contributed by atoms with E-state index in [2.05, 4.69) is 4.98 Å². The maximum Gasteiger partial charge on any atom is 0.239 e. The molecule has 1 unspecified atom stereocenters. The number of benzene rings is 1. The number of halogens is 2. The van der Waals surface area contributed by atoms with Crippen LogP contribution in [0.3, 0.4) is 0 Å². The number of amides is 1. The average molecular weight is 327 g/mol. The van der Waals surface area contributed by atoms with E-state index in [0.29, 0.717) is 11.6 Å². The van der Waals surface area contributed by atoms with Crippen LogP contribution in [0.1, 0.15) is 12.1 Å². The molecule has 0 radical (unpaired) electrons. The maximum absolute atomic E-state index is 12.7. The number of rotatable bonds is 3. The van der Waals surface area contributed by atoms with Gasteiger partial charge in [0.25, 0.3) is 0 Å². The van der Waals surface area contributed by atoms with Gasteiger partial charge in [-0.05, 0) is 25.5 Å². The molecular formula is C14H12Cl2N2OS. The van der Waals surface area contributed by atoms with Crippen LogP contribution < -0.4 is 4.90 Å². The van der Waals surface area contributed by atoms with Gasteiger partial charge < -0.3 is 0 Å². The fraction of sp³-hybridized carbons (Fsp3) is 0.286. The van der Waals surface area contributed by atoms with Gasteiger partial charge in [-0.3, -0.25) is 9.69 Å². The number of nitrogens with zero attached hydrogens (tertiary/aromatic N) is 2. The van der Waals surface area contributed by atoms with Gasteiger partial charge in [-0.15, -0.1) is 34.5 Å². The number of thiazole rings is 1. The minimum atomic E-state index is -0.934. The summed E-state index contributed by atoms with van der Waals surface area (Å²) in [6.07, 6.45) is 0.489. The molecule has 1 fully saturated rings. The number of carbonyl (C=O) groups is 1. The zero-order chi connectivity index (χ0) is 14.3. The summed E-state index contributed by atoms with van der Waals surface area (Å²) in [5, 5.41) is 2.56. The lowest BCUT2D eigenvalue weighted by Gasteiger charge is -2.20. The van der Waals surface area contributed by atoms with E-state index >= 15 is 0 Å². The van der Waals surface area contributed by atoms with Crippen LogP contribution in [-0.2, 0) is 4.79 Å². The first-order chi connectivity index (χ1) is 9.49. The normalized spacial score (nSPS) is 19.6. The highest BCUT2D eigenvalue weighted by Crippen LogP contribution is 2.54. The minimum absolute atomic E-state index is 0.101. The Kier molecular flexibility index (Phi) is 3.48. The number of carbonyl (C=O) groups excluding carboxylic acids is 1. The van der Waals surface area contributed by atoms with Crippen LogP contribution in [0.2, 0.25) is 0 Å². The first kappa shape index (κ1) is 13.9. The van der Waals surface area contributed by atoms with Gasteiger partial charge in [-0.2, -0.15) is 0 Å². The molecular weight excluding hydrogens is 315 g/mol. The number of hydrogen-bond acceptors (Lipinski definition) is 3. The molecule has 1 amide bonds. The Morgan fingerprint density at radius 3 is 2.55 bits per heavy atom. The summed E-state index contributed by atoms with van der Waals surface area (Å²) in [6.45, 7) is 1.90. The van der Waals surface area contributed by atoms with Crippen LogP contribution in [0.15, 0.2) is 35.7 Å². The molecule has 1 aromatic carbocycles. The molecule has 1 aliphatic carbocycles. The Morgan fingerprint density at radius 1 is 1.40 bits per heavy atom. The standard InChI is InChI=1S/C14H12Cl2N2OS/c1-9-8-20-13(17-9)18(10-5-3-2-4-6-10)12(19)11-7-14(11,15)16/h2-6,8,11H,7H2,1H3. The molecule has 104 valence electrons. The molecule has 0 saturated heterocycles. The SMILES string of the molecule is Cc1csc(N(C(=O)C2CC2(Cl)Cl)c2ccccc2)n1. The van der Waals surface area contributed by atoms with Crippen LogP contribution in [0.5, 0.6) is 0 Å². The van der Waals surface area contributed by atoms with Crippen LogP contribution in [-0.4, -0.2) is 15.2 Å². The molecule has 20 heavy (non-hydrogen) atoms. The lowest BCUT2D eigenvalue weighted by Crippen LogP contribution is -2.29. The van der Waals surface area contributed by atoms with Crippen molar-refractivity contribution in [2.75, 3.05) is 4.90 Å². The number of hydrogen-bond donors (Lipinski definition) is 0. The molecule has 1 saturated carbocycles. The fourth-order valence-electron chi connectivity index (χ4n) is 1.99. The van der Waals surface area contributed by atoms with Crippen molar-refractivity contribution in [3.05, 3.63) is 41.4 Å². The van der Waals surface area contributed by atoms with Crippen molar-refractivity contribution in [1.29, 1.82) is 0 Å². The molecule has 0 N–H and O–H groups in total. The summed E-state index contributed by atoms with van der Waals surface area (Å²) in [5.41, 5.74) is 1.67. The minimum Gasteiger partial charge on any atom is -0.274 e. The van der Waals surface area contributed by atoms with Crippen molar-refractivity contribution >= 4 is 51.3 Å². The van der Waals surface area contributed by atoms with E-state index in [1.165, 1.54) is 11.3 Å². The van der Waals surface area contributed by atoms with E-state index in [4.69, 9.17) is 23.2 Å². The van der Waals surface area contributed by atoms with Crippen molar-refractivity contribution in [3.63, 3.8) is 0 Å². The average Bonchev–Trinajstić information content (AvgIpc) is 2.85. The van der Waals surface area contributed by atoms with E-state index in [1.54, 1.807) is 4.90 Å². The van der Waals surface area contributed by atoms with Crippen molar-refractivity contribution in [3.8, 4) is 0 Å². The predicted molar refractivity (Wildman–Crippen MR) is 83.0 cm³/mol. The van der Waals surface area contributed by atoms with E-state index < -0.39 is 4.33 Å². The van der Waals surface area contributed by atoms with Gasteiger partial charge in [0.2, 0.25) is 5.91 Å². The lowest BCUT2D eigenvalue weighted by molar-refractivity contribution is -0.119. The summed E-state index contributed by atoms with van der Waals surface area (Å²) >= 11 is 13.5. The van der Waals surface area contributed by atoms with E-state index in [0.717, 1.165) is 11.4 Å². The quantitative estimate of drug-likeness (QED) is 0.787. The Morgan fingerprint density at radius 2 is 2.05 bits per heavy atom. The maximum atomic E-state index is 12.7. The van der Waals surface area contributed by atoms with Crippen LogP contribution >= 0.6 is 34.5 Å². The van der Waals surface area contributed by atoms with Crippen LogP contribution in [0.25, 0.3) is 0 Å². The Balaban J connectivity index is 1.98. The monoisotopic (exact) mass is 326 g/mol. The zero-order valence-electron chi connectivity index (χ0n) is 10.7. The molecule has 3 rings (SSSR count). The molecule has 1 aromatic heterocycles. The number of aromatic nitrogens is 1.